The summed E-state index contributed by atoms with van der Waals surface area (Å²) >= 11 is 0. The number of carbonyl (C=O) groups is 2. The monoisotopic (exact) mass is 272 g/mol. The minimum atomic E-state index is -1.06. The van der Waals surface area contributed by atoms with Crippen molar-refractivity contribution in [2.45, 2.75) is 38.5 Å². The number of nitrogens with one attached hydrogen (secondary N) is 2. The first kappa shape index (κ1) is 15.9. The van der Waals surface area contributed by atoms with Gasteiger partial charge in [0.05, 0.1) is 12.5 Å². The van der Waals surface area contributed by atoms with E-state index >= 15 is 0 Å². The fourth-order valence-electron chi connectivity index (χ4n) is 2.02. The molecule has 0 aromatic carbocycles. The van der Waals surface area contributed by atoms with E-state index in [9.17, 15) is 9.59 Å². The smallest absolute Gasteiger partial charge is 0.257 e. The summed E-state index contributed by atoms with van der Waals surface area (Å²) in [6.07, 6.45) is 0.552. The third kappa shape index (κ3) is 6.51. The second-order valence-electron chi connectivity index (χ2n) is 4.94. The fraction of sp³-hybridized carbons (Fsp3) is 0.833. The van der Waals surface area contributed by atoms with Gasteiger partial charge in [-0.3, -0.25) is 9.59 Å². The second-order valence-corrected chi connectivity index (χ2v) is 4.94. The molecule has 1 aliphatic rings. The normalized spacial score (nSPS) is 18.9. The van der Waals surface area contributed by atoms with Crippen molar-refractivity contribution < 1.29 is 14.7 Å². The molecule has 1 saturated heterocycles. The minimum Gasteiger partial charge on any atom is -0.393 e. The lowest BCUT2D eigenvalue weighted by atomic mass is 10.2. The SMILES string of the molecule is CC(O)CC(=O)NC(N)C(=O)NCCN1CCCC1. The number of likely N-dealkylation sites (tertiary alicyclic amines) is 1. The van der Waals surface area contributed by atoms with Crippen LogP contribution in [0.1, 0.15) is 26.2 Å². The van der Waals surface area contributed by atoms with Crippen molar-refractivity contribution in [2.24, 2.45) is 5.73 Å². The summed E-state index contributed by atoms with van der Waals surface area (Å²) in [5.41, 5.74) is 5.55. The van der Waals surface area contributed by atoms with Crippen LogP contribution in [0.4, 0.5) is 0 Å². The van der Waals surface area contributed by atoms with E-state index in [1.807, 2.05) is 0 Å². The van der Waals surface area contributed by atoms with Crippen LogP contribution in [0.3, 0.4) is 0 Å². The molecule has 2 atom stereocenters. The molecular weight excluding hydrogens is 248 g/mol. The number of nitrogens with zero attached hydrogens (tertiary/aromatic N) is 1. The van der Waals surface area contributed by atoms with Gasteiger partial charge in [-0.15, -0.1) is 0 Å². The average Bonchev–Trinajstić information content (AvgIpc) is 2.80. The molecule has 110 valence electrons. The summed E-state index contributed by atoms with van der Waals surface area (Å²) in [6.45, 7) is 4.99. The molecule has 0 aromatic heterocycles. The maximum absolute atomic E-state index is 11.6. The van der Waals surface area contributed by atoms with E-state index in [-0.39, 0.29) is 6.42 Å². The Kier molecular flexibility index (Phi) is 6.75. The molecule has 0 saturated carbocycles. The number of aliphatic hydroxyl groups excluding tert-OH is 1. The van der Waals surface area contributed by atoms with E-state index in [2.05, 4.69) is 15.5 Å². The van der Waals surface area contributed by atoms with Crippen LogP contribution in [0, 0.1) is 0 Å². The highest BCUT2D eigenvalue weighted by Gasteiger charge is 2.17. The molecule has 0 aromatic rings. The maximum Gasteiger partial charge on any atom is 0.257 e. The predicted molar refractivity (Wildman–Crippen MR) is 71.1 cm³/mol. The summed E-state index contributed by atoms with van der Waals surface area (Å²) in [6, 6.07) is 0. The summed E-state index contributed by atoms with van der Waals surface area (Å²) in [5.74, 6) is -0.838. The third-order valence-corrected chi connectivity index (χ3v) is 3.01. The molecule has 2 amide bonds. The molecule has 2 unspecified atom stereocenters. The highest BCUT2D eigenvalue weighted by molar-refractivity contribution is 5.87. The zero-order valence-corrected chi connectivity index (χ0v) is 11.4. The molecule has 1 heterocycles. The summed E-state index contributed by atoms with van der Waals surface area (Å²) < 4.78 is 0. The van der Waals surface area contributed by atoms with E-state index in [1.54, 1.807) is 0 Å². The lowest BCUT2D eigenvalue weighted by Gasteiger charge is -2.17. The van der Waals surface area contributed by atoms with Gasteiger partial charge in [-0.25, -0.2) is 0 Å². The number of aliphatic hydroxyl groups is 1. The lowest BCUT2D eigenvalue weighted by molar-refractivity contribution is -0.129. The van der Waals surface area contributed by atoms with Crippen LogP contribution in [0.15, 0.2) is 0 Å². The van der Waals surface area contributed by atoms with Gasteiger partial charge in [0, 0.05) is 13.1 Å². The first-order valence-corrected chi connectivity index (χ1v) is 6.72. The van der Waals surface area contributed by atoms with E-state index in [0.29, 0.717) is 6.54 Å². The Bertz CT molecular complexity index is 303. The molecule has 1 fully saturated rings. The lowest BCUT2D eigenvalue weighted by Crippen LogP contribution is -2.53. The number of rotatable bonds is 7. The topological polar surface area (TPSA) is 108 Å². The van der Waals surface area contributed by atoms with Crippen molar-refractivity contribution in [1.82, 2.24) is 15.5 Å². The Morgan fingerprint density at radius 2 is 2.00 bits per heavy atom. The zero-order valence-electron chi connectivity index (χ0n) is 11.4. The first-order chi connectivity index (χ1) is 8.99. The number of carbonyl (C=O) groups excluding carboxylic acids is 2. The van der Waals surface area contributed by atoms with Gasteiger partial charge in [-0.1, -0.05) is 0 Å². The molecule has 0 radical (unpaired) electrons. The summed E-state index contributed by atoms with van der Waals surface area (Å²) in [7, 11) is 0. The molecule has 1 aliphatic heterocycles. The highest BCUT2D eigenvalue weighted by Crippen LogP contribution is 2.05. The molecule has 0 bridgehead atoms. The molecule has 0 spiro atoms. The Hall–Kier alpha value is -1.18. The van der Waals surface area contributed by atoms with Crippen molar-refractivity contribution in [3.05, 3.63) is 0 Å². The Labute approximate surface area is 113 Å². The van der Waals surface area contributed by atoms with E-state index in [1.165, 1.54) is 19.8 Å². The Balaban J connectivity index is 2.15. The minimum absolute atomic E-state index is 0.0608. The van der Waals surface area contributed by atoms with Gasteiger partial charge in [0.1, 0.15) is 0 Å². The molecular formula is C12H24N4O3. The largest absolute Gasteiger partial charge is 0.393 e. The highest BCUT2D eigenvalue weighted by atomic mass is 16.3. The average molecular weight is 272 g/mol. The second kappa shape index (κ2) is 8.08. The standard InChI is InChI=1S/C12H24N4O3/c1-9(17)8-10(18)15-11(13)12(19)14-4-7-16-5-2-3-6-16/h9,11,17H,2-8,13H2,1H3,(H,14,19)(H,15,18). The predicted octanol–water partition coefficient (Wildman–Crippen LogP) is -1.63. The van der Waals surface area contributed by atoms with Crippen LogP contribution >= 0.6 is 0 Å². The van der Waals surface area contributed by atoms with Crippen molar-refractivity contribution in [3.63, 3.8) is 0 Å². The summed E-state index contributed by atoms with van der Waals surface area (Å²) in [5, 5.41) is 14.1. The zero-order chi connectivity index (χ0) is 14.3. The van der Waals surface area contributed by atoms with Gasteiger partial charge in [0.15, 0.2) is 6.17 Å². The summed E-state index contributed by atoms with van der Waals surface area (Å²) in [4.78, 5) is 25.2. The maximum atomic E-state index is 11.6. The third-order valence-electron chi connectivity index (χ3n) is 3.01. The number of hydrogen-bond acceptors (Lipinski definition) is 5. The molecule has 7 heteroatoms. The van der Waals surface area contributed by atoms with E-state index in [4.69, 9.17) is 10.8 Å². The van der Waals surface area contributed by atoms with Crippen molar-refractivity contribution >= 4 is 11.8 Å². The molecule has 1 rings (SSSR count). The van der Waals surface area contributed by atoms with Crippen molar-refractivity contribution in [1.29, 1.82) is 0 Å². The molecule has 0 aliphatic carbocycles. The van der Waals surface area contributed by atoms with Gasteiger partial charge in [-0.2, -0.15) is 0 Å². The van der Waals surface area contributed by atoms with Crippen LogP contribution in [0.25, 0.3) is 0 Å². The van der Waals surface area contributed by atoms with Crippen LogP contribution in [-0.4, -0.2) is 60.3 Å². The van der Waals surface area contributed by atoms with Gasteiger partial charge in [0.25, 0.3) is 5.91 Å². The van der Waals surface area contributed by atoms with Gasteiger partial charge >= 0.3 is 0 Å². The molecule has 5 N–H and O–H groups in total. The number of amides is 2. The first-order valence-electron chi connectivity index (χ1n) is 6.72. The number of hydrogen-bond donors (Lipinski definition) is 4. The Morgan fingerprint density at radius 1 is 1.37 bits per heavy atom. The van der Waals surface area contributed by atoms with Crippen molar-refractivity contribution in [2.75, 3.05) is 26.2 Å². The van der Waals surface area contributed by atoms with Crippen LogP contribution < -0.4 is 16.4 Å². The fourth-order valence-corrected chi connectivity index (χ4v) is 2.02. The van der Waals surface area contributed by atoms with Crippen LogP contribution in [-0.2, 0) is 9.59 Å². The van der Waals surface area contributed by atoms with E-state index in [0.717, 1.165) is 19.6 Å². The van der Waals surface area contributed by atoms with Crippen LogP contribution in [0.2, 0.25) is 0 Å². The van der Waals surface area contributed by atoms with Gasteiger partial charge < -0.3 is 26.4 Å². The van der Waals surface area contributed by atoms with Crippen molar-refractivity contribution in [3.8, 4) is 0 Å². The van der Waals surface area contributed by atoms with Gasteiger partial charge in [-0.05, 0) is 32.9 Å². The Morgan fingerprint density at radius 3 is 2.58 bits per heavy atom. The quantitative estimate of drug-likeness (QED) is 0.416. The number of nitrogens with two attached hydrogens (primary N) is 1. The molecule has 19 heavy (non-hydrogen) atoms. The molecule has 7 nitrogen and oxygen atoms in total. The van der Waals surface area contributed by atoms with Crippen LogP contribution in [0.5, 0.6) is 0 Å². The van der Waals surface area contributed by atoms with E-state index < -0.39 is 24.1 Å². The van der Waals surface area contributed by atoms with Gasteiger partial charge in [0.2, 0.25) is 5.91 Å².